The first-order chi connectivity index (χ1) is 13.0. The molecule has 1 aromatic carbocycles. The van der Waals surface area contributed by atoms with Gasteiger partial charge in [0.2, 0.25) is 0 Å². The average Bonchev–Trinajstić information content (AvgIpc) is 2.73. The van der Waals surface area contributed by atoms with E-state index in [1.165, 1.54) is 0 Å². The fraction of sp³-hybridized carbons (Fsp3) is 0.619. The van der Waals surface area contributed by atoms with Gasteiger partial charge in [-0.15, -0.1) is 0 Å². The van der Waals surface area contributed by atoms with Gasteiger partial charge in [-0.2, -0.15) is 5.26 Å². The molecule has 0 spiro atoms. The maximum Gasteiger partial charge on any atom is 0.317 e. The zero-order chi connectivity index (χ0) is 19.3. The zero-order valence-corrected chi connectivity index (χ0v) is 16.5. The number of likely N-dealkylation sites (N-methyl/N-ethyl adjacent to an activating group) is 1. The normalized spacial score (nSPS) is 22.0. The maximum atomic E-state index is 12.6. The van der Waals surface area contributed by atoms with Crippen molar-refractivity contribution in [2.24, 2.45) is 0 Å². The summed E-state index contributed by atoms with van der Waals surface area (Å²) in [6.45, 7) is 8.37. The van der Waals surface area contributed by atoms with Crippen molar-refractivity contribution in [2.75, 3.05) is 52.9 Å². The summed E-state index contributed by atoms with van der Waals surface area (Å²) >= 11 is 0. The lowest BCUT2D eigenvalue weighted by Crippen LogP contribution is -2.53. The molecule has 2 aliphatic heterocycles. The molecule has 1 unspecified atom stereocenters. The number of nitrogens with zero attached hydrogens (tertiary/aromatic N) is 4. The van der Waals surface area contributed by atoms with Crippen LogP contribution in [0.5, 0.6) is 0 Å². The Kier molecular flexibility index (Phi) is 6.35. The van der Waals surface area contributed by atoms with Gasteiger partial charge in [-0.25, -0.2) is 4.79 Å². The van der Waals surface area contributed by atoms with Crippen molar-refractivity contribution >= 4 is 6.03 Å². The van der Waals surface area contributed by atoms with Crippen LogP contribution in [0.25, 0.3) is 0 Å². The van der Waals surface area contributed by atoms with Gasteiger partial charge in [0, 0.05) is 51.9 Å². The molecule has 0 aromatic heterocycles. The summed E-state index contributed by atoms with van der Waals surface area (Å²) in [6.07, 6.45) is 1.38. The number of amides is 2. The van der Waals surface area contributed by atoms with E-state index >= 15 is 0 Å². The summed E-state index contributed by atoms with van der Waals surface area (Å²) in [7, 11) is 2.15. The predicted octanol–water partition coefficient (Wildman–Crippen LogP) is 1.89. The molecule has 27 heavy (non-hydrogen) atoms. The van der Waals surface area contributed by atoms with E-state index in [2.05, 4.69) is 35.2 Å². The van der Waals surface area contributed by atoms with Crippen LogP contribution in [-0.2, 0) is 5.41 Å². The topological polar surface area (TPSA) is 62.6 Å². The molecule has 3 rings (SSSR count). The maximum absolute atomic E-state index is 12.6. The Morgan fingerprint density at radius 2 is 1.78 bits per heavy atom. The van der Waals surface area contributed by atoms with Crippen molar-refractivity contribution < 1.29 is 4.79 Å². The van der Waals surface area contributed by atoms with Gasteiger partial charge in [0.25, 0.3) is 0 Å². The van der Waals surface area contributed by atoms with E-state index in [1.54, 1.807) is 0 Å². The van der Waals surface area contributed by atoms with Crippen molar-refractivity contribution in [3.8, 4) is 6.07 Å². The number of rotatable bonds is 4. The van der Waals surface area contributed by atoms with Crippen LogP contribution >= 0.6 is 0 Å². The lowest BCUT2D eigenvalue weighted by atomic mass is 9.74. The van der Waals surface area contributed by atoms with E-state index in [0.29, 0.717) is 38.5 Å². The Morgan fingerprint density at radius 3 is 2.37 bits per heavy atom. The van der Waals surface area contributed by atoms with Gasteiger partial charge >= 0.3 is 6.03 Å². The third-order valence-electron chi connectivity index (χ3n) is 6.15. The summed E-state index contributed by atoms with van der Waals surface area (Å²) in [5.74, 6) is 0. The minimum atomic E-state index is -0.467. The van der Waals surface area contributed by atoms with Crippen LogP contribution in [0.15, 0.2) is 30.3 Å². The van der Waals surface area contributed by atoms with Crippen LogP contribution in [0.2, 0.25) is 0 Å². The molecule has 1 aromatic rings. The van der Waals surface area contributed by atoms with E-state index in [9.17, 15) is 10.1 Å². The summed E-state index contributed by atoms with van der Waals surface area (Å²) in [4.78, 5) is 19.2. The van der Waals surface area contributed by atoms with Crippen molar-refractivity contribution in [3.05, 3.63) is 35.9 Å². The Bertz CT molecular complexity index is 655. The number of benzene rings is 1. The molecule has 2 heterocycles. The van der Waals surface area contributed by atoms with Crippen LogP contribution in [0.3, 0.4) is 0 Å². The minimum Gasteiger partial charge on any atom is -0.336 e. The number of carbonyl (C=O) groups is 1. The number of nitriles is 1. The summed E-state index contributed by atoms with van der Waals surface area (Å²) < 4.78 is 0. The SMILES string of the molecule is CC(CNC(=O)N1CCC(C#N)(c2ccccc2)CC1)N1CCN(C)CC1. The van der Waals surface area contributed by atoms with Crippen LogP contribution in [0.4, 0.5) is 4.79 Å². The highest BCUT2D eigenvalue weighted by molar-refractivity contribution is 5.74. The molecule has 6 heteroatoms. The second-order valence-corrected chi connectivity index (χ2v) is 7.92. The highest BCUT2D eigenvalue weighted by Gasteiger charge is 2.37. The molecule has 2 aliphatic rings. The second kappa shape index (κ2) is 8.73. The van der Waals surface area contributed by atoms with Crippen molar-refractivity contribution in [1.82, 2.24) is 20.0 Å². The Labute approximate surface area is 162 Å². The largest absolute Gasteiger partial charge is 0.336 e. The molecule has 2 saturated heterocycles. The number of likely N-dealkylation sites (tertiary alicyclic amines) is 1. The van der Waals surface area contributed by atoms with Gasteiger partial charge in [0.1, 0.15) is 0 Å². The minimum absolute atomic E-state index is 0.00409. The molecule has 146 valence electrons. The number of hydrogen-bond donors (Lipinski definition) is 1. The number of carbonyl (C=O) groups excluding carboxylic acids is 1. The molecular formula is C21H31N5O. The monoisotopic (exact) mass is 369 g/mol. The van der Waals surface area contributed by atoms with Crippen LogP contribution in [0.1, 0.15) is 25.3 Å². The average molecular weight is 370 g/mol. The molecule has 6 nitrogen and oxygen atoms in total. The van der Waals surface area contributed by atoms with Crippen LogP contribution < -0.4 is 5.32 Å². The summed E-state index contributed by atoms with van der Waals surface area (Å²) in [5.41, 5.74) is 0.599. The molecule has 0 radical (unpaired) electrons. The smallest absolute Gasteiger partial charge is 0.317 e. The molecule has 2 fully saturated rings. The first-order valence-corrected chi connectivity index (χ1v) is 9.96. The summed E-state index contributed by atoms with van der Waals surface area (Å²) in [6, 6.07) is 12.8. The van der Waals surface area contributed by atoms with E-state index in [1.807, 2.05) is 35.2 Å². The highest BCUT2D eigenvalue weighted by atomic mass is 16.2. The van der Waals surface area contributed by atoms with Gasteiger partial charge in [0.05, 0.1) is 11.5 Å². The molecule has 0 aliphatic carbocycles. The number of piperidine rings is 1. The number of nitrogens with one attached hydrogen (secondary N) is 1. The van der Waals surface area contributed by atoms with Gasteiger partial charge in [0.15, 0.2) is 0 Å². The Hall–Kier alpha value is -2.10. The first-order valence-electron chi connectivity index (χ1n) is 9.96. The van der Waals surface area contributed by atoms with Gasteiger partial charge in [-0.1, -0.05) is 30.3 Å². The second-order valence-electron chi connectivity index (χ2n) is 7.92. The molecular weight excluding hydrogens is 338 g/mol. The molecule has 1 N–H and O–H groups in total. The van der Waals surface area contributed by atoms with E-state index in [0.717, 1.165) is 31.7 Å². The third kappa shape index (κ3) is 4.60. The molecule has 2 amide bonds. The highest BCUT2D eigenvalue weighted by Crippen LogP contribution is 2.34. The molecule has 0 saturated carbocycles. The number of piperazine rings is 1. The molecule has 0 bridgehead atoms. The van der Waals surface area contributed by atoms with Crippen LogP contribution in [-0.4, -0.2) is 79.6 Å². The lowest BCUT2D eigenvalue weighted by Gasteiger charge is -2.39. The number of hydrogen-bond acceptors (Lipinski definition) is 4. The third-order valence-corrected chi connectivity index (χ3v) is 6.15. The lowest BCUT2D eigenvalue weighted by molar-refractivity contribution is 0.116. The van der Waals surface area contributed by atoms with Crippen molar-refractivity contribution in [1.29, 1.82) is 5.26 Å². The van der Waals surface area contributed by atoms with Gasteiger partial charge < -0.3 is 15.1 Å². The van der Waals surface area contributed by atoms with E-state index in [-0.39, 0.29) is 6.03 Å². The van der Waals surface area contributed by atoms with Crippen LogP contribution in [0, 0.1) is 11.3 Å². The fourth-order valence-corrected chi connectivity index (χ4v) is 4.05. The van der Waals surface area contributed by atoms with E-state index in [4.69, 9.17) is 0 Å². The quantitative estimate of drug-likeness (QED) is 0.880. The molecule has 1 atom stereocenters. The van der Waals surface area contributed by atoms with Crippen molar-refractivity contribution in [3.63, 3.8) is 0 Å². The van der Waals surface area contributed by atoms with E-state index < -0.39 is 5.41 Å². The standard InChI is InChI=1S/C21H31N5O/c1-18(25-14-12-24(2)13-15-25)16-23-20(27)26-10-8-21(17-22,9-11-26)19-6-4-3-5-7-19/h3-7,18H,8-16H2,1-2H3,(H,23,27). The summed E-state index contributed by atoms with van der Waals surface area (Å²) in [5, 5.41) is 12.9. The predicted molar refractivity (Wildman–Crippen MR) is 106 cm³/mol. The first kappa shape index (κ1) is 19.7. The van der Waals surface area contributed by atoms with Gasteiger partial charge in [-0.3, -0.25) is 4.90 Å². The van der Waals surface area contributed by atoms with Crippen molar-refractivity contribution in [2.45, 2.75) is 31.2 Å². The van der Waals surface area contributed by atoms with Gasteiger partial charge in [-0.05, 0) is 32.4 Å². The Balaban J connectivity index is 1.48. The fourth-order valence-electron chi connectivity index (χ4n) is 4.05. The number of urea groups is 1. The zero-order valence-electron chi connectivity index (χ0n) is 16.5. The Morgan fingerprint density at radius 1 is 1.15 bits per heavy atom.